The van der Waals surface area contributed by atoms with Crippen LogP contribution in [-0.4, -0.2) is 11.5 Å². The van der Waals surface area contributed by atoms with Crippen molar-refractivity contribution < 1.29 is 4.92 Å². The second kappa shape index (κ2) is 7.08. The molecule has 0 aliphatic carbocycles. The Kier molecular flexibility index (Phi) is 5.16. The summed E-state index contributed by atoms with van der Waals surface area (Å²) in [6, 6.07) is 9.21. The number of non-ortho nitro benzene ring substituents is 1. The van der Waals surface area contributed by atoms with Crippen LogP contribution in [0.15, 0.2) is 35.7 Å². The van der Waals surface area contributed by atoms with Crippen LogP contribution in [0.4, 0.5) is 17.1 Å². The summed E-state index contributed by atoms with van der Waals surface area (Å²) in [5, 5.41) is 19.6. The molecule has 0 saturated carbocycles. The van der Waals surface area contributed by atoms with Crippen LogP contribution in [0.25, 0.3) is 0 Å². The number of hydrogen-bond acceptors (Lipinski definition) is 5. The zero-order chi connectivity index (χ0) is 15.2. The molecule has 2 N–H and O–H groups in total. The lowest BCUT2D eigenvalue weighted by molar-refractivity contribution is -0.384. The van der Waals surface area contributed by atoms with Crippen molar-refractivity contribution in [2.45, 2.75) is 26.3 Å². The number of nitrogens with one attached hydrogen (secondary N) is 2. The zero-order valence-electron chi connectivity index (χ0n) is 12.1. The van der Waals surface area contributed by atoms with Crippen LogP contribution in [0.2, 0.25) is 0 Å². The smallest absolute Gasteiger partial charge is 0.273 e. The van der Waals surface area contributed by atoms with E-state index in [0.717, 1.165) is 24.3 Å². The van der Waals surface area contributed by atoms with Crippen molar-refractivity contribution in [1.82, 2.24) is 0 Å². The maximum Gasteiger partial charge on any atom is 0.273 e. The first-order valence-corrected chi connectivity index (χ1v) is 7.81. The second-order valence-electron chi connectivity index (χ2n) is 4.83. The third-order valence-electron chi connectivity index (χ3n) is 3.06. The molecule has 0 bridgehead atoms. The van der Waals surface area contributed by atoms with Crippen LogP contribution in [-0.2, 0) is 0 Å². The lowest BCUT2D eigenvalue weighted by Gasteiger charge is -2.15. The molecular weight excluding hydrogens is 286 g/mol. The Morgan fingerprint density at radius 1 is 1.33 bits per heavy atom. The molecule has 21 heavy (non-hydrogen) atoms. The molecule has 5 nitrogen and oxygen atoms in total. The SMILES string of the molecule is CCCNc1cc(NC(C)c2cccs2)cc([N+](=O)[O-])c1. The highest BCUT2D eigenvalue weighted by Gasteiger charge is 2.12. The minimum absolute atomic E-state index is 0.0944. The van der Waals surface area contributed by atoms with Crippen LogP contribution in [0.1, 0.15) is 31.2 Å². The van der Waals surface area contributed by atoms with Crippen molar-refractivity contribution in [2.24, 2.45) is 0 Å². The van der Waals surface area contributed by atoms with Crippen LogP contribution in [0.3, 0.4) is 0 Å². The Morgan fingerprint density at radius 3 is 2.71 bits per heavy atom. The molecule has 0 spiro atoms. The van der Waals surface area contributed by atoms with Gasteiger partial charge in [-0.2, -0.15) is 0 Å². The van der Waals surface area contributed by atoms with Gasteiger partial charge >= 0.3 is 0 Å². The molecular formula is C15H19N3O2S. The number of nitro benzene ring substituents is 1. The van der Waals surface area contributed by atoms with E-state index in [4.69, 9.17) is 0 Å². The molecule has 2 aromatic rings. The van der Waals surface area contributed by atoms with E-state index in [2.05, 4.69) is 23.6 Å². The Hall–Kier alpha value is -2.08. The standard InChI is InChI=1S/C15H19N3O2S/c1-3-6-16-12-8-13(10-14(9-12)18(19)20)17-11(2)15-5-4-7-21-15/h4-5,7-11,16-17H,3,6H2,1-2H3. The average Bonchev–Trinajstić information content (AvgIpc) is 2.99. The lowest BCUT2D eigenvalue weighted by atomic mass is 10.2. The molecule has 1 unspecified atom stereocenters. The summed E-state index contributed by atoms with van der Waals surface area (Å²) in [7, 11) is 0. The van der Waals surface area contributed by atoms with Crippen molar-refractivity contribution in [3.8, 4) is 0 Å². The molecule has 1 aromatic carbocycles. The van der Waals surface area contributed by atoms with E-state index in [1.165, 1.54) is 4.88 Å². The molecule has 1 atom stereocenters. The summed E-state index contributed by atoms with van der Waals surface area (Å²) in [6.45, 7) is 4.90. The quantitative estimate of drug-likeness (QED) is 0.577. The molecule has 0 aliphatic rings. The van der Waals surface area contributed by atoms with Gasteiger partial charge in [-0.25, -0.2) is 0 Å². The van der Waals surface area contributed by atoms with Crippen molar-refractivity contribution in [1.29, 1.82) is 0 Å². The molecule has 0 radical (unpaired) electrons. The first-order chi connectivity index (χ1) is 10.1. The topological polar surface area (TPSA) is 67.2 Å². The first-order valence-electron chi connectivity index (χ1n) is 6.93. The third-order valence-corrected chi connectivity index (χ3v) is 4.12. The van der Waals surface area contributed by atoms with Crippen molar-refractivity contribution >= 4 is 28.4 Å². The fourth-order valence-electron chi connectivity index (χ4n) is 2.03. The number of hydrogen-bond donors (Lipinski definition) is 2. The van der Waals surface area contributed by atoms with Crippen LogP contribution in [0, 0.1) is 10.1 Å². The summed E-state index contributed by atoms with van der Waals surface area (Å²) in [5.41, 5.74) is 1.62. The Balaban J connectivity index is 2.20. The predicted molar refractivity (Wildman–Crippen MR) is 88.2 cm³/mol. The molecule has 6 heteroatoms. The molecule has 112 valence electrons. The first kappa shape index (κ1) is 15.3. The van der Waals surface area contributed by atoms with Gasteiger partial charge in [0.25, 0.3) is 5.69 Å². The zero-order valence-corrected chi connectivity index (χ0v) is 12.9. The fourth-order valence-corrected chi connectivity index (χ4v) is 2.76. The summed E-state index contributed by atoms with van der Waals surface area (Å²) >= 11 is 1.67. The minimum atomic E-state index is -0.363. The normalized spacial score (nSPS) is 11.9. The number of benzene rings is 1. The highest BCUT2D eigenvalue weighted by Crippen LogP contribution is 2.28. The Bertz CT molecular complexity index is 599. The van der Waals surface area contributed by atoms with Gasteiger partial charge in [-0.1, -0.05) is 13.0 Å². The number of rotatable bonds is 7. The van der Waals surface area contributed by atoms with Gasteiger partial charge in [0.2, 0.25) is 0 Å². The highest BCUT2D eigenvalue weighted by atomic mass is 32.1. The molecule has 0 aliphatic heterocycles. The van der Waals surface area contributed by atoms with Gasteiger partial charge in [0.15, 0.2) is 0 Å². The minimum Gasteiger partial charge on any atom is -0.385 e. The van der Waals surface area contributed by atoms with Gasteiger partial charge in [-0.05, 0) is 30.9 Å². The monoisotopic (exact) mass is 305 g/mol. The highest BCUT2D eigenvalue weighted by molar-refractivity contribution is 7.10. The molecule has 0 fully saturated rings. The van der Waals surface area contributed by atoms with E-state index in [-0.39, 0.29) is 16.7 Å². The fraction of sp³-hybridized carbons (Fsp3) is 0.333. The molecule has 1 heterocycles. The number of nitrogens with zero attached hydrogens (tertiary/aromatic N) is 1. The van der Waals surface area contributed by atoms with Crippen molar-refractivity contribution in [3.05, 3.63) is 50.7 Å². The van der Waals surface area contributed by atoms with E-state index in [0.29, 0.717) is 0 Å². The second-order valence-corrected chi connectivity index (χ2v) is 5.81. The van der Waals surface area contributed by atoms with E-state index in [1.54, 1.807) is 23.5 Å². The van der Waals surface area contributed by atoms with E-state index in [1.807, 2.05) is 24.4 Å². The van der Waals surface area contributed by atoms with Gasteiger partial charge in [0, 0.05) is 34.9 Å². The number of anilines is 2. The Labute approximate surface area is 128 Å². The predicted octanol–water partition coefficient (Wildman–Crippen LogP) is 4.65. The summed E-state index contributed by atoms with van der Waals surface area (Å²) < 4.78 is 0. The van der Waals surface area contributed by atoms with E-state index >= 15 is 0 Å². The lowest BCUT2D eigenvalue weighted by Crippen LogP contribution is -2.07. The largest absolute Gasteiger partial charge is 0.385 e. The number of thiophene rings is 1. The summed E-state index contributed by atoms with van der Waals surface area (Å²) in [6.07, 6.45) is 0.969. The van der Waals surface area contributed by atoms with E-state index < -0.39 is 0 Å². The van der Waals surface area contributed by atoms with Crippen molar-refractivity contribution in [2.75, 3.05) is 17.2 Å². The summed E-state index contributed by atoms with van der Waals surface area (Å²) in [5.74, 6) is 0. The van der Waals surface area contributed by atoms with Crippen molar-refractivity contribution in [3.63, 3.8) is 0 Å². The van der Waals surface area contributed by atoms with Crippen LogP contribution >= 0.6 is 11.3 Å². The van der Waals surface area contributed by atoms with Gasteiger partial charge in [0.05, 0.1) is 11.0 Å². The maximum atomic E-state index is 11.0. The number of nitro groups is 1. The maximum absolute atomic E-state index is 11.0. The van der Waals surface area contributed by atoms with Crippen LogP contribution in [0.5, 0.6) is 0 Å². The third kappa shape index (κ3) is 4.19. The van der Waals surface area contributed by atoms with Gasteiger partial charge in [-0.15, -0.1) is 11.3 Å². The van der Waals surface area contributed by atoms with Gasteiger partial charge < -0.3 is 10.6 Å². The summed E-state index contributed by atoms with van der Waals surface area (Å²) in [4.78, 5) is 11.9. The Morgan fingerprint density at radius 2 is 2.10 bits per heavy atom. The molecule has 0 saturated heterocycles. The average molecular weight is 305 g/mol. The molecule has 1 aromatic heterocycles. The van der Waals surface area contributed by atoms with E-state index in [9.17, 15) is 10.1 Å². The molecule has 0 amide bonds. The van der Waals surface area contributed by atoms with Gasteiger partial charge in [0.1, 0.15) is 0 Å². The molecule has 2 rings (SSSR count). The van der Waals surface area contributed by atoms with Crippen LogP contribution < -0.4 is 10.6 Å². The van der Waals surface area contributed by atoms with Gasteiger partial charge in [-0.3, -0.25) is 10.1 Å².